The van der Waals surface area contributed by atoms with Gasteiger partial charge in [0.25, 0.3) is 0 Å². The van der Waals surface area contributed by atoms with Gasteiger partial charge in [-0.2, -0.15) is 0 Å². The van der Waals surface area contributed by atoms with Gasteiger partial charge in [0.15, 0.2) is 0 Å². The Balaban J connectivity index is 2.75. The number of nitrogens with zero attached hydrogens (tertiary/aromatic N) is 1. The summed E-state index contributed by atoms with van der Waals surface area (Å²) in [6.45, 7) is 0. The zero-order valence-corrected chi connectivity index (χ0v) is 4.36. The molecule has 0 rings (SSSR count). The molecule has 0 atom stereocenters. The molecule has 38 valence electrons. The fraction of sp³-hybridized carbons (Fsp3) is 1.00. The van der Waals surface area contributed by atoms with Crippen LogP contribution < -0.4 is 5.43 Å². The van der Waals surface area contributed by atoms with Crippen LogP contribution in [0.25, 0.3) is 0 Å². The first-order chi connectivity index (χ1) is 2.81. The summed E-state index contributed by atoms with van der Waals surface area (Å²) in [5.74, 6) is 0. The van der Waals surface area contributed by atoms with Crippen LogP contribution in [0.1, 0.15) is 0 Å². The molecule has 0 amide bonds. The van der Waals surface area contributed by atoms with Crippen molar-refractivity contribution in [2.24, 2.45) is 0 Å². The Morgan fingerprint density at radius 2 is 2.17 bits per heavy atom. The highest BCUT2D eigenvalue weighted by Crippen LogP contribution is 1.64. The average Bonchev–Trinajstić information content (AvgIpc) is 1.65. The topological polar surface area (TPSA) is 24.5 Å². The van der Waals surface area contributed by atoms with E-state index in [1.807, 2.05) is 0 Å². The predicted molar refractivity (Wildman–Crippen MR) is 23.8 cm³/mol. The smallest absolute Gasteiger partial charge is 0.0591 e. The van der Waals surface area contributed by atoms with Crippen LogP contribution >= 0.6 is 0 Å². The summed E-state index contributed by atoms with van der Waals surface area (Å²) >= 11 is 0. The van der Waals surface area contributed by atoms with E-state index in [0.29, 0.717) is 0 Å². The van der Waals surface area contributed by atoms with Crippen LogP contribution in [0, 0.1) is 0 Å². The lowest BCUT2D eigenvalue weighted by Crippen LogP contribution is -2.29. The molecule has 0 aliphatic heterocycles. The molecular weight excluding hydrogens is 80.0 g/mol. The Hall–Kier alpha value is -0.120. The Morgan fingerprint density at radius 1 is 1.67 bits per heavy atom. The van der Waals surface area contributed by atoms with Crippen LogP contribution in [0.5, 0.6) is 0 Å². The largest absolute Gasteiger partial charge is 0.288 e. The SMILES string of the molecule is CNN(C)OC. The fourth-order valence-corrected chi connectivity index (χ4v) is 0.0913. The molecule has 3 heteroatoms. The molecule has 0 spiro atoms. The first-order valence-electron chi connectivity index (χ1n) is 1.76. The molecular formula is C3H10N2O. The predicted octanol–water partition coefficient (Wildman–Crippen LogP) is -0.386. The van der Waals surface area contributed by atoms with Gasteiger partial charge in [0.2, 0.25) is 0 Å². The Labute approximate surface area is 37.8 Å². The second-order valence-electron chi connectivity index (χ2n) is 0.904. The van der Waals surface area contributed by atoms with E-state index in [2.05, 4.69) is 10.3 Å². The molecule has 0 aromatic heterocycles. The van der Waals surface area contributed by atoms with E-state index in [0.717, 1.165) is 0 Å². The highest BCUT2D eigenvalue weighted by atomic mass is 16.7. The van der Waals surface area contributed by atoms with Gasteiger partial charge in [-0.1, -0.05) is 0 Å². The molecule has 1 N–H and O–H groups in total. The van der Waals surface area contributed by atoms with Gasteiger partial charge in [0, 0.05) is 14.1 Å². The normalized spacial score (nSPS) is 10.0. The lowest BCUT2D eigenvalue weighted by Gasteiger charge is -2.08. The minimum absolute atomic E-state index is 1.50. The van der Waals surface area contributed by atoms with E-state index in [1.165, 1.54) is 5.17 Å². The number of hydrogen-bond donors (Lipinski definition) is 1. The lowest BCUT2D eigenvalue weighted by molar-refractivity contribution is -0.143. The van der Waals surface area contributed by atoms with E-state index in [4.69, 9.17) is 0 Å². The minimum Gasteiger partial charge on any atom is -0.288 e. The number of hydroxylamine groups is 1. The highest BCUT2D eigenvalue weighted by molar-refractivity contribution is 4.03. The standard InChI is InChI=1S/C3H10N2O/c1-4-5(2)6-3/h4H,1-3H3. The first kappa shape index (κ1) is 5.88. The molecule has 0 saturated heterocycles. The van der Waals surface area contributed by atoms with Crippen molar-refractivity contribution in [1.82, 2.24) is 10.6 Å². The van der Waals surface area contributed by atoms with Gasteiger partial charge in [-0.15, -0.1) is 5.17 Å². The van der Waals surface area contributed by atoms with Crippen molar-refractivity contribution in [1.29, 1.82) is 0 Å². The van der Waals surface area contributed by atoms with Crippen LogP contribution in [0.15, 0.2) is 0 Å². The first-order valence-corrected chi connectivity index (χ1v) is 1.76. The Bertz CT molecular complexity index is 28.0. The molecule has 0 aromatic rings. The van der Waals surface area contributed by atoms with Gasteiger partial charge in [-0.3, -0.25) is 4.84 Å². The van der Waals surface area contributed by atoms with E-state index < -0.39 is 0 Å². The minimum atomic E-state index is 1.50. The highest BCUT2D eigenvalue weighted by Gasteiger charge is 1.79. The molecule has 0 aliphatic carbocycles. The summed E-state index contributed by atoms with van der Waals surface area (Å²) in [6, 6.07) is 0. The molecule has 0 radical (unpaired) electrons. The maximum atomic E-state index is 4.62. The maximum Gasteiger partial charge on any atom is 0.0591 e. The molecule has 0 aromatic carbocycles. The van der Waals surface area contributed by atoms with E-state index in [-0.39, 0.29) is 0 Å². The average molecular weight is 90.1 g/mol. The summed E-state index contributed by atoms with van der Waals surface area (Å²) in [5.41, 5.74) is 2.73. The van der Waals surface area contributed by atoms with Gasteiger partial charge in [0.1, 0.15) is 0 Å². The molecule has 0 unspecified atom stereocenters. The molecule has 0 heterocycles. The summed E-state index contributed by atoms with van der Waals surface area (Å²) in [6.07, 6.45) is 0. The molecule has 6 heavy (non-hydrogen) atoms. The molecule has 0 bridgehead atoms. The van der Waals surface area contributed by atoms with Crippen molar-refractivity contribution >= 4 is 0 Å². The van der Waals surface area contributed by atoms with E-state index >= 15 is 0 Å². The summed E-state index contributed by atoms with van der Waals surface area (Å²) in [7, 11) is 5.15. The Morgan fingerprint density at radius 3 is 2.17 bits per heavy atom. The van der Waals surface area contributed by atoms with Crippen molar-refractivity contribution in [3.63, 3.8) is 0 Å². The van der Waals surface area contributed by atoms with Gasteiger partial charge in [-0.25, -0.2) is 5.43 Å². The van der Waals surface area contributed by atoms with Crippen molar-refractivity contribution in [3.05, 3.63) is 0 Å². The van der Waals surface area contributed by atoms with Gasteiger partial charge in [-0.05, 0) is 0 Å². The zero-order valence-electron chi connectivity index (χ0n) is 4.36. The summed E-state index contributed by atoms with van der Waals surface area (Å²) < 4.78 is 0. The van der Waals surface area contributed by atoms with E-state index in [1.54, 1.807) is 21.2 Å². The zero-order chi connectivity index (χ0) is 4.99. The number of hydrazine groups is 1. The molecule has 0 saturated carbocycles. The third kappa shape index (κ3) is 2.14. The van der Waals surface area contributed by atoms with Crippen molar-refractivity contribution in [2.45, 2.75) is 0 Å². The van der Waals surface area contributed by atoms with Crippen LogP contribution in [0.3, 0.4) is 0 Å². The van der Waals surface area contributed by atoms with Crippen LogP contribution in [-0.2, 0) is 4.84 Å². The van der Waals surface area contributed by atoms with Crippen LogP contribution in [-0.4, -0.2) is 26.4 Å². The maximum absolute atomic E-state index is 4.62. The molecule has 0 aliphatic rings. The third-order valence-corrected chi connectivity index (χ3v) is 0.589. The third-order valence-electron chi connectivity index (χ3n) is 0.589. The van der Waals surface area contributed by atoms with Gasteiger partial charge < -0.3 is 0 Å². The summed E-state index contributed by atoms with van der Waals surface area (Å²) in [4.78, 5) is 4.62. The second-order valence-corrected chi connectivity index (χ2v) is 0.904. The molecule has 0 fully saturated rings. The molecule has 3 nitrogen and oxygen atoms in total. The van der Waals surface area contributed by atoms with Crippen LogP contribution in [0.2, 0.25) is 0 Å². The number of rotatable bonds is 2. The van der Waals surface area contributed by atoms with Gasteiger partial charge in [0.05, 0.1) is 7.11 Å². The summed E-state index contributed by atoms with van der Waals surface area (Å²) in [5, 5.41) is 1.50. The number of nitrogens with one attached hydrogen (secondary N) is 1. The second kappa shape index (κ2) is 3.08. The lowest BCUT2D eigenvalue weighted by atomic mass is 11.3. The monoisotopic (exact) mass is 90.1 g/mol. The number of hydrogen-bond acceptors (Lipinski definition) is 3. The fourth-order valence-electron chi connectivity index (χ4n) is 0.0913. The van der Waals surface area contributed by atoms with Crippen molar-refractivity contribution in [3.8, 4) is 0 Å². The van der Waals surface area contributed by atoms with Crippen LogP contribution in [0.4, 0.5) is 0 Å². The van der Waals surface area contributed by atoms with E-state index in [9.17, 15) is 0 Å². The van der Waals surface area contributed by atoms with Crippen molar-refractivity contribution < 1.29 is 4.84 Å². The Kier molecular flexibility index (Phi) is 3.02. The van der Waals surface area contributed by atoms with Gasteiger partial charge >= 0.3 is 0 Å². The quantitative estimate of drug-likeness (QED) is 0.467. The van der Waals surface area contributed by atoms with Crippen molar-refractivity contribution in [2.75, 3.05) is 21.2 Å².